The lowest BCUT2D eigenvalue weighted by Gasteiger charge is -2.18. The van der Waals surface area contributed by atoms with E-state index >= 15 is 0 Å². The van der Waals surface area contributed by atoms with E-state index in [0.29, 0.717) is 0 Å². The first kappa shape index (κ1) is 62.9. The van der Waals surface area contributed by atoms with Crippen LogP contribution in [0.15, 0.2) is 18.2 Å². The Balaban J connectivity index is 2.17. The largest absolute Gasteiger partial charge is 0.478 e. The van der Waals surface area contributed by atoms with Crippen molar-refractivity contribution in [2.75, 3.05) is 0 Å². The van der Waals surface area contributed by atoms with E-state index in [1.165, 1.54) is 0 Å². The molecule has 84 heavy (non-hydrogen) atoms. The summed E-state index contributed by atoms with van der Waals surface area (Å²) in [6.07, 6.45) is 0. The average molecular weight is 1180 g/mol. The number of carboxylic acids is 15. The molecular formula is C45H18O39. The van der Waals surface area contributed by atoms with Crippen molar-refractivity contribution in [3.05, 3.63) is 135 Å². The maximum atomic E-state index is 14.1. The standard InChI is InChI=1S/C45H18O39/c46-25(47)7-10(28(52)53)16(34(64)65)22(17(35(66)67)11(7)29(54)55)43(79)82-40(76)4-1-2-5(41(77)83-44(80)23-18(36(68)69)12(30(56)57)8(26(48)49)13(31(58)59)19(23)37(70)71)6(3-4)42(78)84-45(81)24-20(38(72)73)14(32(60)61)9(27(50)51)15(33(62)63)21(24)39(74)75/h1-3H,(H,46,47)(H,48,49)(H,50,51)(H,52,53)(H,54,55)(H,56,57)(H,58,59)(H,60,61)(H,62,63)(H,64,65)(H,66,67)(H,68,69)(H,70,71)(H,72,73)(H,74,75). The maximum Gasteiger partial charge on any atom is 0.347 e. The lowest BCUT2D eigenvalue weighted by molar-refractivity contribution is 0.0349. The minimum Gasteiger partial charge on any atom is -0.478 e. The van der Waals surface area contributed by atoms with Gasteiger partial charge in [0.05, 0.1) is 117 Å². The fraction of sp³-hybridized carbons (Fsp3) is 0. The summed E-state index contributed by atoms with van der Waals surface area (Å²) in [5, 5.41) is 147. The van der Waals surface area contributed by atoms with Gasteiger partial charge in [0, 0.05) is 0 Å². The molecule has 0 heterocycles. The van der Waals surface area contributed by atoms with E-state index in [-0.39, 0.29) is 18.2 Å². The molecule has 0 atom stereocenters. The Morgan fingerprint density at radius 2 is 0.345 bits per heavy atom. The lowest BCUT2D eigenvalue weighted by Crippen LogP contribution is -2.30. The smallest absolute Gasteiger partial charge is 0.347 e. The summed E-state index contributed by atoms with van der Waals surface area (Å²) >= 11 is 0. The highest BCUT2D eigenvalue weighted by Gasteiger charge is 2.46. The second-order valence-electron chi connectivity index (χ2n) is 15.1. The van der Waals surface area contributed by atoms with Gasteiger partial charge in [0.1, 0.15) is 0 Å². The molecule has 0 unspecified atom stereocenters. The Labute approximate surface area is 451 Å². The van der Waals surface area contributed by atoms with Crippen molar-refractivity contribution < 1.29 is 191 Å². The number of carbonyl (C=O) groups is 21. The highest BCUT2D eigenvalue weighted by molar-refractivity contribution is 6.28. The summed E-state index contributed by atoms with van der Waals surface area (Å²) in [5.74, 6) is -58.0. The summed E-state index contributed by atoms with van der Waals surface area (Å²) in [5.41, 5.74) is -46.0. The number of hydrogen-bond donors (Lipinski definition) is 15. The van der Waals surface area contributed by atoms with Gasteiger partial charge in [0.2, 0.25) is 0 Å². The van der Waals surface area contributed by atoms with Gasteiger partial charge in [0.25, 0.3) is 0 Å². The van der Waals surface area contributed by atoms with Gasteiger partial charge in [-0.1, -0.05) is 0 Å². The Kier molecular flexibility index (Phi) is 17.3. The molecule has 4 aromatic carbocycles. The first-order valence-corrected chi connectivity index (χ1v) is 20.4. The van der Waals surface area contributed by atoms with Crippen LogP contribution in [0.25, 0.3) is 0 Å². The molecule has 0 aliphatic rings. The van der Waals surface area contributed by atoms with Crippen LogP contribution in [0, 0.1) is 0 Å². The van der Waals surface area contributed by atoms with Crippen LogP contribution in [0.4, 0.5) is 0 Å². The van der Waals surface area contributed by atoms with Gasteiger partial charge in [-0.15, -0.1) is 0 Å². The maximum absolute atomic E-state index is 14.1. The van der Waals surface area contributed by atoms with Crippen molar-refractivity contribution in [1.29, 1.82) is 0 Å². The van der Waals surface area contributed by atoms with E-state index in [4.69, 9.17) is 0 Å². The molecule has 0 aliphatic carbocycles. The second kappa shape index (κ2) is 23.1. The molecule has 39 heteroatoms. The van der Waals surface area contributed by atoms with Gasteiger partial charge in [0.15, 0.2) is 0 Å². The highest BCUT2D eigenvalue weighted by atomic mass is 16.6. The molecule has 0 bridgehead atoms. The Bertz CT molecular complexity index is 3830. The molecule has 432 valence electrons. The van der Waals surface area contributed by atoms with Crippen molar-refractivity contribution in [3.63, 3.8) is 0 Å². The number of carboxylic acid groups (broad SMARTS) is 15. The Morgan fingerprint density at radius 3 is 0.524 bits per heavy atom. The monoisotopic (exact) mass is 1180 g/mol. The SMILES string of the molecule is O=C(OC(=O)c1c(C(=O)O)c(C(=O)O)c(C(=O)O)c(C(=O)O)c1C(=O)O)c1ccc(C(=O)OC(=O)c2c(C(=O)O)c(C(=O)O)c(C(=O)O)c(C(=O)O)c2C(=O)O)c(C(=O)OC(=O)c2c(C(=O)O)c(C(=O)O)c(C(=O)O)c(C(=O)O)c2C(=O)O)c1. The molecule has 0 saturated heterocycles. The van der Waals surface area contributed by atoms with E-state index in [2.05, 4.69) is 14.2 Å². The zero-order chi connectivity index (χ0) is 64.5. The third-order valence-electron chi connectivity index (χ3n) is 10.6. The number of hydrogen-bond acceptors (Lipinski definition) is 24. The van der Waals surface area contributed by atoms with Gasteiger partial charge < -0.3 is 90.8 Å². The number of benzene rings is 4. The van der Waals surface area contributed by atoms with Crippen molar-refractivity contribution >= 4 is 125 Å². The Morgan fingerprint density at radius 1 is 0.190 bits per heavy atom. The first-order chi connectivity index (χ1) is 38.7. The molecule has 4 rings (SSSR count). The quantitative estimate of drug-likeness (QED) is 0.0300. The minimum absolute atomic E-state index is 0.0242. The van der Waals surface area contributed by atoms with E-state index in [1.807, 2.05) is 0 Å². The van der Waals surface area contributed by atoms with Crippen LogP contribution in [0.1, 0.15) is 218 Å². The van der Waals surface area contributed by atoms with E-state index < -0.39 is 242 Å². The molecule has 0 spiro atoms. The fourth-order valence-corrected chi connectivity index (χ4v) is 7.66. The lowest BCUT2D eigenvalue weighted by atomic mass is 9.86. The van der Waals surface area contributed by atoms with E-state index in [9.17, 15) is 177 Å². The zero-order valence-electron chi connectivity index (χ0n) is 39.2. The van der Waals surface area contributed by atoms with Crippen LogP contribution in [0.5, 0.6) is 0 Å². The molecule has 0 radical (unpaired) electrons. The number of aromatic carboxylic acids is 15. The van der Waals surface area contributed by atoms with Crippen LogP contribution in [-0.2, 0) is 14.2 Å². The summed E-state index contributed by atoms with van der Waals surface area (Å²) < 4.78 is 13.1. The molecule has 0 aliphatic heterocycles. The van der Waals surface area contributed by atoms with Gasteiger partial charge >= 0.3 is 125 Å². The minimum atomic E-state index is -2.93. The summed E-state index contributed by atoms with van der Waals surface area (Å²) in [7, 11) is 0. The summed E-state index contributed by atoms with van der Waals surface area (Å²) in [4.78, 5) is 267. The molecular weight excluding hydrogens is 1160 g/mol. The number of rotatable bonds is 21. The third kappa shape index (κ3) is 11.1. The zero-order valence-corrected chi connectivity index (χ0v) is 39.2. The summed E-state index contributed by atoms with van der Waals surface area (Å²) in [6, 6.07) is -0.381. The van der Waals surface area contributed by atoms with E-state index in [0.717, 1.165) is 0 Å². The van der Waals surface area contributed by atoms with Gasteiger partial charge in [-0.05, 0) is 18.2 Å². The molecule has 0 saturated carbocycles. The fourth-order valence-electron chi connectivity index (χ4n) is 7.66. The average Bonchev–Trinajstić information content (AvgIpc) is 1.27. The van der Waals surface area contributed by atoms with Crippen molar-refractivity contribution in [1.82, 2.24) is 0 Å². The van der Waals surface area contributed by atoms with Crippen molar-refractivity contribution in [3.8, 4) is 0 Å². The third-order valence-corrected chi connectivity index (χ3v) is 10.6. The normalized spacial score (nSPS) is 10.4. The van der Waals surface area contributed by atoms with Gasteiger partial charge in [-0.2, -0.15) is 0 Å². The van der Waals surface area contributed by atoms with Gasteiger partial charge in [-0.3, -0.25) is 0 Å². The van der Waals surface area contributed by atoms with Crippen LogP contribution in [-0.4, -0.2) is 202 Å². The Hall–Kier alpha value is -13.7. The summed E-state index contributed by atoms with van der Waals surface area (Å²) in [6.45, 7) is 0. The van der Waals surface area contributed by atoms with Gasteiger partial charge in [-0.25, -0.2) is 101 Å². The molecule has 0 aromatic heterocycles. The van der Waals surface area contributed by atoms with Crippen LogP contribution < -0.4 is 0 Å². The highest BCUT2D eigenvalue weighted by Crippen LogP contribution is 2.35. The molecule has 0 fully saturated rings. The first-order valence-electron chi connectivity index (χ1n) is 20.4. The number of esters is 6. The molecule has 4 aromatic rings. The van der Waals surface area contributed by atoms with Crippen molar-refractivity contribution in [2.45, 2.75) is 0 Å². The topological polar surface area (TPSA) is 690 Å². The predicted octanol–water partition coefficient (Wildman–Crippen LogP) is 0.151. The van der Waals surface area contributed by atoms with Crippen LogP contribution >= 0.6 is 0 Å². The number of ether oxygens (including phenoxy) is 3. The molecule has 0 amide bonds. The molecule has 39 nitrogen and oxygen atoms in total. The predicted molar refractivity (Wildman–Crippen MR) is 239 cm³/mol. The van der Waals surface area contributed by atoms with Crippen LogP contribution in [0.3, 0.4) is 0 Å². The number of carbonyl (C=O) groups excluding carboxylic acids is 6. The molecule has 15 N–H and O–H groups in total. The van der Waals surface area contributed by atoms with Crippen molar-refractivity contribution in [2.24, 2.45) is 0 Å². The van der Waals surface area contributed by atoms with E-state index in [1.54, 1.807) is 0 Å². The second-order valence-corrected chi connectivity index (χ2v) is 15.1. The van der Waals surface area contributed by atoms with Crippen LogP contribution in [0.2, 0.25) is 0 Å².